The maximum absolute atomic E-state index is 12.5. The minimum Gasteiger partial charge on any atom is -0.495 e. The van der Waals surface area contributed by atoms with Gasteiger partial charge >= 0.3 is 0 Å². The fourth-order valence-electron chi connectivity index (χ4n) is 2.52. The van der Waals surface area contributed by atoms with Crippen molar-refractivity contribution in [1.82, 2.24) is 4.72 Å². The number of benzene rings is 3. The molecule has 0 spiro atoms. The molecule has 0 aliphatic heterocycles. The van der Waals surface area contributed by atoms with Gasteiger partial charge in [-0.05, 0) is 34.5 Å². The molecule has 0 fully saturated rings. The second-order valence-corrected chi connectivity index (χ2v) is 7.43. The fourth-order valence-corrected chi connectivity index (χ4v) is 3.87. The van der Waals surface area contributed by atoms with E-state index in [4.69, 9.17) is 16.3 Å². The van der Waals surface area contributed by atoms with E-state index in [0.717, 1.165) is 16.3 Å². The van der Waals surface area contributed by atoms with Crippen molar-refractivity contribution in [3.05, 3.63) is 71.2 Å². The largest absolute Gasteiger partial charge is 0.495 e. The van der Waals surface area contributed by atoms with Crippen molar-refractivity contribution in [3.63, 3.8) is 0 Å². The molecule has 0 saturated heterocycles. The molecule has 0 unspecified atom stereocenters. The fraction of sp³-hybridized carbons (Fsp3) is 0.111. The minimum absolute atomic E-state index is 0.105. The van der Waals surface area contributed by atoms with E-state index in [1.165, 1.54) is 25.3 Å². The number of halogens is 1. The smallest absolute Gasteiger partial charge is 0.240 e. The van der Waals surface area contributed by atoms with Crippen LogP contribution in [0.15, 0.2) is 65.6 Å². The molecular formula is C18H16ClNO3S. The number of fused-ring (bicyclic) bond motifs is 1. The Labute approximate surface area is 146 Å². The minimum atomic E-state index is -3.66. The topological polar surface area (TPSA) is 55.4 Å². The third-order valence-electron chi connectivity index (χ3n) is 3.77. The lowest BCUT2D eigenvalue weighted by molar-refractivity contribution is 0.414. The average Bonchev–Trinajstić information content (AvgIpc) is 2.60. The van der Waals surface area contributed by atoms with Crippen LogP contribution in [0.25, 0.3) is 10.8 Å². The normalized spacial score (nSPS) is 11.6. The standard InChI is InChI=1S/C18H16ClNO3S/c1-23-18-10-9-15(11-17(18)19)24(21,22)20-12-14-7-4-6-13-5-2-3-8-16(13)14/h2-11,20H,12H2,1H3. The molecule has 3 rings (SSSR count). The van der Waals surface area contributed by atoms with Gasteiger partial charge in [-0.15, -0.1) is 0 Å². The lowest BCUT2D eigenvalue weighted by Crippen LogP contribution is -2.23. The van der Waals surface area contributed by atoms with Crippen molar-refractivity contribution in [2.24, 2.45) is 0 Å². The van der Waals surface area contributed by atoms with Gasteiger partial charge in [-0.2, -0.15) is 0 Å². The summed E-state index contributed by atoms with van der Waals surface area (Å²) in [5.41, 5.74) is 0.913. The van der Waals surface area contributed by atoms with Gasteiger partial charge in [-0.1, -0.05) is 54.1 Å². The quantitative estimate of drug-likeness (QED) is 0.747. The van der Waals surface area contributed by atoms with Crippen LogP contribution in [0.3, 0.4) is 0 Å². The van der Waals surface area contributed by atoms with E-state index in [1.54, 1.807) is 0 Å². The van der Waals surface area contributed by atoms with Gasteiger partial charge in [0.2, 0.25) is 10.0 Å². The maximum Gasteiger partial charge on any atom is 0.240 e. The average molecular weight is 362 g/mol. The molecule has 3 aromatic rings. The van der Waals surface area contributed by atoms with Crippen LogP contribution in [0, 0.1) is 0 Å². The zero-order valence-electron chi connectivity index (χ0n) is 13.0. The molecule has 1 N–H and O–H groups in total. The number of nitrogens with one attached hydrogen (secondary N) is 1. The maximum atomic E-state index is 12.5. The third kappa shape index (κ3) is 3.38. The molecule has 24 heavy (non-hydrogen) atoms. The SMILES string of the molecule is COc1ccc(S(=O)(=O)NCc2cccc3ccccc23)cc1Cl. The van der Waals surface area contributed by atoms with Crippen LogP contribution in [0.2, 0.25) is 5.02 Å². The molecule has 6 heteroatoms. The summed E-state index contributed by atoms with van der Waals surface area (Å²) in [6, 6.07) is 18.1. The van der Waals surface area contributed by atoms with Crippen LogP contribution >= 0.6 is 11.6 Å². The number of ether oxygens (including phenoxy) is 1. The zero-order chi connectivity index (χ0) is 17.2. The Morgan fingerprint density at radius 1 is 1.04 bits per heavy atom. The number of hydrogen-bond donors (Lipinski definition) is 1. The molecule has 0 saturated carbocycles. The summed E-state index contributed by atoms with van der Waals surface area (Å²) in [5, 5.41) is 2.35. The molecule has 3 aromatic carbocycles. The van der Waals surface area contributed by atoms with E-state index in [-0.39, 0.29) is 16.5 Å². The van der Waals surface area contributed by atoms with Crippen molar-refractivity contribution in [2.75, 3.05) is 7.11 Å². The summed E-state index contributed by atoms with van der Waals surface area (Å²) in [6.07, 6.45) is 0. The summed E-state index contributed by atoms with van der Waals surface area (Å²) in [7, 11) is -2.18. The van der Waals surface area contributed by atoms with Crippen LogP contribution in [-0.2, 0) is 16.6 Å². The summed E-state index contributed by atoms with van der Waals surface area (Å²) in [5.74, 6) is 0.435. The monoisotopic (exact) mass is 361 g/mol. The molecule has 0 amide bonds. The molecule has 0 bridgehead atoms. The van der Waals surface area contributed by atoms with Gasteiger partial charge < -0.3 is 4.74 Å². The number of hydrogen-bond acceptors (Lipinski definition) is 3. The highest BCUT2D eigenvalue weighted by atomic mass is 35.5. The van der Waals surface area contributed by atoms with Crippen molar-refractivity contribution >= 4 is 32.4 Å². The lowest BCUT2D eigenvalue weighted by atomic mass is 10.1. The van der Waals surface area contributed by atoms with E-state index >= 15 is 0 Å². The van der Waals surface area contributed by atoms with Crippen molar-refractivity contribution < 1.29 is 13.2 Å². The first-order valence-corrected chi connectivity index (χ1v) is 9.17. The highest BCUT2D eigenvalue weighted by Gasteiger charge is 2.16. The highest BCUT2D eigenvalue weighted by molar-refractivity contribution is 7.89. The van der Waals surface area contributed by atoms with E-state index < -0.39 is 10.0 Å². The van der Waals surface area contributed by atoms with Gasteiger partial charge in [0.1, 0.15) is 5.75 Å². The third-order valence-corrected chi connectivity index (χ3v) is 5.46. The second kappa shape index (κ2) is 6.81. The Hall–Kier alpha value is -2.08. The Kier molecular flexibility index (Phi) is 4.76. The summed E-state index contributed by atoms with van der Waals surface area (Å²) in [6.45, 7) is 0.202. The van der Waals surface area contributed by atoms with Gasteiger partial charge in [0.05, 0.1) is 17.0 Å². The van der Waals surface area contributed by atoms with Crippen LogP contribution < -0.4 is 9.46 Å². The van der Waals surface area contributed by atoms with Crippen LogP contribution in [0.1, 0.15) is 5.56 Å². The Bertz CT molecular complexity index is 981. The van der Waals surface area contributed by atoms with Crippen LogP contribution in [0.5, 0.6) is 5.75 Å². The zero-order valence-corrected chi connectivity index (χ0v) is 14.6. The van der Waals surface area contributed by atoms with Gasteiger partial charge in [-0.25, -0.2) is 13.1 Å². The van der Waals surface area contributed by atoms with Crippen molar-refractivity contribution in [3.8, 4) is 5.75 Å². The molecule has 0 aliphatic rings. The number of sulfonamides is 1. The summed E-state index contributed by atoms with van der Waals surface area (Å²) < 4.78 is 32.6. The van der Waals surface area contributed by atoms with Gasteiger partial charge in [0.15, 0.2) is 0 Å². The van der Waals surface area contributed by atoms with Crippen LogP contribution in [-0.4, -0.2) is 15.5 Å². The van der Waals surface area contributed by atoms with E-state index in [2.05, 4.69) is 4.72 Å². The van der Waals surface area contributed by atoms with E-state index in [1.807, 2.05) is 42.5 Å². The molecule has 0 heterocycles. The predicted molar refractivity (Wildman–Crippen MR) is 96.0 cm³/mol. The first-order valence-electron chi connectivity index (χ1n) is 7.31. The molecule has 4 nitrogen and oxygen atoms in total. The Morgan fingerprint density at radius 2 is 1.79 bits per heavy atom. The summed E-state index contributed by atoms with van der Waals surface area (Å²) in [4.78, 5) is 0.105. The van der Waals surface area contributed by atoms with Gasteiger partial charge in [0, 0.05) is 6.54 Å². The molecular weight excluding hydrogens is 346 g/mol. The first kappa shape index (κ1) is 16.8. The molecule has 124 valence electrons. The molecule has 0 aromatic heterocycles. The van der Waals surface area contributed by atoms with Crippen molar-refractivity contribution in [2.45, 2.75) is 11.4 Å². The predicted octanol–water partition coefficient (Wildman–Crippen LogP) is 3.98. The molecule has 0 atom stereocenters. The Balaban J connectivity index is 1.86. The summed E-state index contributed by atoms with van der Waals surface area (Å²) >= 11 is 6.01. The first-order chi connectivity index (χ1) is 11.5. The van der Waals surface area contributed by atoms with Gasteiger partial charge in [-0.3, -0.25) is 0 Å². The van der Waals surface area contributed by atoms with E-state index in [9.17, 15) is 8.42 Å². The number of rotatable bonds is 5. The number of methoxy groups -OCH3 is 1. The molecule has 0 radical (unpaired) electrons. The van der Waals surface area contributed by atoms with Gasteiger partial charge in [0.25, 0.3) is 0 Å². The van der Waals surface area contributed by atoms with Crippen molar-refractivity contribution in [1.29, 1.82) is 0 Å². The second-order valence-electron chi connectivity index (χ2n) is 5.26. The molecule has 0 aliphatic carbocycles. The Morgan fingerprint density at radius 3 is 2.54 bits per heavy atom. The highest BCUT2D eigenvalue weighted by Crippen LogP contribution is 2.27. The van der Waals surface area contributed by atoms with Crippen LogP contribution in [0.4, 0.5) is 0 Å². The lowest BCUT2D eigenvalue weighted by Gasteiger charge is -2.10. The van der Waals surface area contributed by atoms with E-state index in [0.29, 0.717) is 5.75 Å².